The maximum Gasteiger partial charge on any atom is 0.133 e. The van der Waals surface area contributed by atoms with E-state index in [1.54, 1.807) is 0 Å². The molecule has 3 heteroatoms. The highest BCUT2D eigenvalue weighted by atomic mass is 35.5. The molecule has 0 amide bonds. The molecule has 0 fully saturated rings. The lowest BCUT2D eigenvalue weighted by Crippen LogP contribution is -1.97. The largest absolute Gasteiger partial charge is 0.233 e. The molecule has 0 bridgehead atoms. The standard InChI is InChI=1S/C17H13ClN2/c1-2-6-16-19-15-10-9-13(18)11-14(15)17(20-16)12-7-4-3-5-8-12/h2-5,7-11H,1,6H2. The van der Waals surface area contributed by atoms with Crippen molar-refractivity contribution in [1.29, 1.82) is 0 Å². The molecule has 0 N–H and O–H groups in total. The Morgan fingerprint density at radius 2 is 1.85 bits per heavy atom. The topological polar surface area (TPSA) is 25.8 Å². The molecule has 3 rings (SSSR count). The molecule has 1 aromatic heterocycles. The molecule has 0 aliphatic carbocycles. The lowest BCUT2D eigenvalue weighted by Gasteiger charge is -2.08. The number of rotatable bonds is 3. The fraction of sp³-hybridized carbons (Fsp3) is 0.0588. The van der Waals surface area contributed by atoms with Crippen molar-refractivity contribution in [1.82, 2.24) is 9.97 Å². The van der Waals surface area contributed by atoms with Crippen LogP contribution in [-0.2, 0) is 6.42 Å². The molecule has 0 saturated heterocycles. The van der Waals surface area contributed by atoms with Crippen molar-refractivity contribution in [2.24, 2.45) is 0 Å². The lowest BCUT2D eigenvalue weighted by atomic mass is 10.1. The minimum absolute atomic E-state index is 0.651. The number of hydrogen-bond acceptors (Lipinski definition) is 2. The van der Waals surface area contributed by atoms with E-state index in [4.69, 9.17) is 11.6 Å². The molecule has 1 heterocycles. The first kappa shape index (κ1) is 12.8. The fourth-order valence-corrected chi connectivity index (χ4v) is 2.36. The van der Waals surface area contributed by atoms with Gasteiger partial charge in [0.25, 0.3) is 0 Å². The van der Waals surface area contributed by atoms with E-state index < -0.39 is 0 Å². The predicted molar refractivity (Wildman–Crippen MR) is 83.9 cm³/mol. The molecule has 3 aromatic rings. The third-order valence-electron chi connectivity index (χ3n) is 3.08. The minimum Gasteiger partial charge on any atom is -0.233 e. The number of nitrogens with zero attached hydrogens (tertiary/aromatic N) is 2. The van der Waals surface area contributed by atoms with E-state index in [2.05, 4.69) is 16.5 Å². The summed E-state index contributed by atoms with van der Waals surface area (Å²) in [5.74, 6) is 0.772. The zero-order valence-corrected chi connectivity index (χ0v) is 11.6. The highest BCUT2D eigenvalue weighted by Gasteiger charge is 2.09. The number of fused-ring (bicyclic) bond motifs is 1. The Morgan fingerprint density at radius 3 is 2.60 bits per heavy atom. The van der Waals surface area contributed by atoms with Crippen molar-refractivity contribution in [2.45, 2.75) is 6.42 Å². The normalized spacial score (nSPS) is 10.7. The number of allylic oxidation sites excluding steroid dienone is 1. The van der Waals surface area contributed by atoms with Crippen molar-refractivity contribution in [3.8, 4) is 11.3 Å². The molecule has 0 aliphatic rings. The second kappa shape index (κ2) is 5.43. The first-order valence-corrected chi connectivity index (χ1v) is 6.78. The van der Waals surface area contributed by atoms with Crippen molar-refractivity contribution in [3.05, 3.63) is 72.0 Å². The SMILES string of the molecule is C=CCc1nc(-c2ccccc2)c2cc(Cl)ccc2n1. The number of benzene rings is 2. The Hall–Kier alpha value is -2.19. The first-order valence-electron chi connectivity index (χ1n) is 6.40. The van der Waals surface area contributed by atoms with Crippen LogP contribution in [0.4, 0.5) is 0 Å². The summed E-state index contributed by atoms with van der Waals surface area (Å²) in [5, 5.41) is 1.66. The van der Waals surface area contributed by atoms with Gasteiger partial charge in [0.2, 0.25) is 0 Å². The van der Waals surface area contributed by atoms with E-state index in [1.165, 1.54) is 0 Å². The summed E-state index contributed by atoms with van der Waals surface area (Å²) >= 11 is 6.11. The molecule has 0 aliphatic heterocycles. The van der Waals surface area contributed by atoms with Gasteiger partial charge in [0.05, 0.1) is 11.2 Å². The smallest absolute Gasteiger partial charge is 0.133 e. The van der Waals surface area contributed by atoms with E-state index in [-0.39, 0.29) is 0 Å². The molecule has 2 aromatic carbocycles. The van der Waals surface area contributed by atoms with Gasteiger partial charge in [-0.05, 0) is 18.2 Å². The second-order valence-corrected chi connectivity index (χ2v) is 4.95. The van der Waals surface area contributed by atoms with Crippen LogP contribution in [0.5, 0.6) is 0 Å². The van der Waals surface area contributed by atoms with Gasteiger partial charge in [-0.1, -0.05) is 48.0 Å². The second-order valence-electron chi connectivity index (χ2n) is 4.51. The van der Waals surface area contributed by atoms with Gasteiger partial charge in [-0.3, -0.25) is 0 Å². The van der Waals surface area contributed by atoms with E-state index in [0.29, 0.717) is 11.4 Å². The van der Waals surface area contributed by atoms with Crippen LogP contribution in [0, 0.1) is 0 Å². The molecular weight excluding hydrogens is 268 g/mol. The molecular formula is C17H13ClN2. The average Bonchev–Trinajstić information content (AvgIpc) is 2.48. The van der Waals surface area contributed by atoms with Gasteiger partial charge in [-0.2, -0.15) is 0 Å². The third kappa shape index (κ3) is 2.43. The molecule has 0 radical (unpaired) electrons. The Bertz CT molecular complexity index is 767. The molecule has 0 unspecified atom stereocenters. The maximum atomic E-state index is 6.11. The summed E-state index contributed by atoms with van der Waals surface area (Å²) in [6.07, 6.45) is 2.46. The Kier molecular flexibility index (Phi) is 3.48. The summed E-state index contributed by atoms with van der Waals surface area (Å²) in [6.45, 7) is 3.75. The zero-order chi connectivity index (χ0) is 13.9. The third-order valence-corrected chi connectivity index (χ3v) is 3.31. The average molecular weight is 281 g/mol. The number of hydrogen-bond donors (Lipinski definition) is 0. The van der Waals surface area contributed by atoms with Gasteiger partial charge < -0.3 is 0 Å². The monoisotopic (exact) mass is 280 g/mol. The van der Waals surface area contributed by atoms with Crippen LogP contribution in [0.25, 0.3) is 22.2 Å². The molecule has 0 spiro atoms. The van der Waals surface area contributed by atoms with Crippen molar-refractivity contribution in [2.75, 3.05) is 0 Å². The lowest BCUT2D eigenvalue weighted by molar-refractivity contribution is 1.02. The number of halogens is 1. The highest BCUT2D eigenvalue weighted by molar-refractivity contribution is 6.31. The van der Waals surface area contributed by atoms with Crippen LogP contribution in [0.3, 0.4) is 0 Å². The van der Waals surface area contributed by atoms with Gasteiger partial charge in [0.1, 0.15) is 5.82 Å². The predicted octanol–water partition coefficient (Wildman–Crippen LogP) is 4.68. The van der Waals surface area contributed by atoms with Gasteiger partial charge in [-0.15, -0.1) is 6.58 Å². The van der Waals surface area contributed by atoms with Crippen LogP contribution in [0.1, 0.15) is 5.82 Å². The van der Waals surface area contributed by atoms with E-state index in [9.17, 15) is 0 Å². The highest BCUT2D eigenvalue weighted by Crippen LogP contribution is 2.28. The zero-order valence-electron chi connectivity index (χ0n) is 10.9. The van der Waals surface area contributed by atoms with Gasteiger partial charge in [0.15, 0.2) is 0 Å². The minimum atomic E-state index is 0.651. The molecule has 0 saturated carbocycles. The van der Waals surface area contributed by atoms with Crippen molar-refractivity contribution >= 4 is 22.5 Å². The molecule has 98 valence electrons. The summed E-state index contributed by atoms with van der Waals surface area (Å²) in [6, 6.07) is 15.8. The van der Waals surface area contributed by atoms with Crippen molar-refractivity contribution in [3.63, 3.8) is 0 Å². The van der Waals surface area contributed by atoms with E-state index in [0.717, 1.165) is 28.0 Å². The Morgan fingerprint density at radius 1 is 1.05 bits per heavy atom. The van der Waals surface area contributed by atoms with Gasteiger partial charge in [0, 0.05) is 22.4 Å². The Labute approximate surface area is 122 Å². The Balaban J connectivity index is 2.31. The summed E-state index contributed by atoms with van der Waals surface area (Å²) < 4.78 is 0. The fourth-order valence-electron chi connectivity index (χ4n) is 2.19. The van der Waals surface area contributed by atoms with Crippen LogP contribution in [0.2, 0.25) is 5.02 Å². The van der Waals surface area contributed by atoms with Gasteiger partial charge in [-0.25, -0.2) is 9.97 Å². The maximum absolute atomic E-state index is 6.11. The van der Waals surface area contributed by atoms with Crippen molar-refractivity contribution < 1.29 is 0 Å². The molecule has 20 heavy (non-hydrogen) atoms. The summed E-state index contributed by atoms with van der Waals surface area (Å²) in [7, 11) is 0. The molecule has 2 nitrogen and oxygen atoms in total. The van der Waals surface area contributed by atoms with Gasteiger partial charge >= 0.3 is 0 Å². The number of aromatic nitrogens is 2. The van der Waals surface area contributed by atoms with Crippen LogP contribution < -0.4 is 0 Å². The van der Waals surface area contributed by atoms with Crippen LogP contribution in [-0.4, -0.2) is 9.97 Å². The first-order chi connectivity index (χ1) is 9.78. The van der Waals surface area contributed by atoms with Crippen LogP contribution >= 0.6 is 11.6 Å². The van der Waals surface area contributed by atoms with Crippen LogP contribution in [0.15, 0.2) is 61.2 Å². The van der Waals surface area contributed by atoms with E-state index >= 15 is 0 Å². The van der Waals surface area contributed by atoms with E-state index in [1.807, 2.05) is 54.6 Å². The summed E-state index contributed by atoms with van der Waals surface area (Å²) in [4.78, 5) is 9.21. The quantitative estimate of drug-likeness (QED) is 0.651. The summed E-state index contributed by atoms with van der Waals surface area (Å²) in [5.41, 5.74) is 2.88. The molecule has 0 atom stereocenters.